The van der Waals surface area contributed by atoms with Gasteiger partial charge in [0, 0.05) is 54.5 Å². The predicted molar refractivity (Wildman–Crippen MR) is 163 cm³/mol. The fourth-order valence-electron chi connectivity index (χ4n) is 6.22. The van der Waals surface area contributed by atoms with Crippen molar-refractivity contribution in [1.29, 1.82) is 0 Å². The Labute approximate surface area is 243 Å². The maximum atomic E-state index is 13.6. The molecule has 214 valence electrons. The van der Waals surface area contributed by atoms with Crippen LogP contribution in [0.5, 0.6) is 5.75 Å². The second kappa shape index (κ2) is 13.2. The largest absolute Gasteiger partial charge is 0.497 e. The van der Waals surface area contributed by atoms with Gasteiger partial charge in [-0.25, -0.2) is 4.79 Å². The van der Waals surface area contributed by atoms with Gasteiger partial charge in [-0.15, -0.1) is 0 Å². The van der Waals surface area contributed by atoms with Crippen LogP contribution in [0.2, 0.25) is 0 Å². The molecule has 2 unspecified atom stereocenters. The van der Waals surface area contributed by atoms with Gasteiger partial charge in [0.1, 0.15) is 5.75 Å². The molecule has 5 rings (SSSR count). The topological polar surface area (TPSA) is 68.3 Å². The van der Waals surface area contributed by atoms with E-state index in [1.807, 2.05) is 59.5 Å². The van der Waals surface area contributed by atoms with E-state index in [0.717, 1.165) is 42.1 Å². The number of aliphatic hydroxyl groups is 1. The van der Waals surface area contributed by atoms with Crippen molar-refractivity contribution in [2.45, 2.75) is 24.4 Å². The highest BCUT2D eigenvalue weighted by atomic mass is 16.5. The van der Waals surface area contributed by atoms with E-state index in [0.29, 0.717) is 19.0 Å². The van der Waals surface area contributed by atoms with Gasteiger partial charge >= 0.3 is 6.03 Å². The van der Waals surface area contributed by atoms with Crippen molar-refractivity contribution in [2.75, 3.05) is 59.3 Å². The molecule has 3 aromatic carbocycles. The summed E-state index contributed by atoms with van der Waals surface area (Å²) in [5.41, 5.74) is 3.86. The number of hydrogen-bond acceptors (Lipinski definition) is 5. The average molecular weight is 553 g/mol. The number of nitrogens with one attached hydrogen (secondary N) is 1. The number of benzene rings is 3. The Bertz CT molecular complexity index is 1350. The molecule has 0 aromatic heterocycles. The molecule has 0 radical (unpaired) electrons. The van der Waals surface area contributed by atoms with Crippen LogP contribution in [-0.4, -0.2) is 91.9 Å². The van der Waals surface area contributed by atoms with Crippen LogP contribution in [-0.2, 0) is 0 Å². The molecule has 41 heavy (non-hydrogen) atoms. The van der Waals surface area contributed by atoms with Crippen LogP contribution >= 0.6 is 0 Å². The molecule has 0 bridgehead atoms. The number of fused-ring (bicyclic) bond motifs is 1. The smallest absolute Gasteiger partial charge is 0.321 e. The highest BCUT2D eigenvalue weighted by Crippen LogP contribution is 2.42. The molecule has 2 fully saturated rings. The summed E-state index contributed by atoms with van der Waals surface area (Å²) in [6.45, 7) is 3.20. The maximum Gasteiger partial charge on any atom is 0.321 e. The van der Waals surface area contributed by atoms with Crippen LogP contribution in [0.3, 0.4) is 0 Å². The van der Waals surface area contributed by atoms with Crippen LogP contribution in [0.15, 0.2) is 78.9 Å². The standard InChI is InChI=1S/C34H40N4O3/c1-36(2)21-27-19-20-38-31(23-37(22-27)34(40)35-29-15-17-30(41-3)18-16-29)33(32(38)24-39)28-13-11-26(12-14-28)10-9-25-7-5-4-6-8-25/h4-8,11-18,27,31-33,39H,19-24H2,1-3H3,(H,35,40)/t27?,31-,32+,33?/m0/s1. The zero-order valence-electron chi connectivity index (χ0n) is 24.2. The SMILES string of the molecule is COc1ccc(NC(=O)N2CC(CN(C)C)CCN3[C@H](CO)C(c4ccc(C#Cc5ccccc5)cc4)[C@@H]3C2)cc1. The number of aliphatic hydroxyl groups excluding tert-OH is 1. The number of carbonyl (C=O) groups is 1. The number of methoxy groups -OCH3 is 1. The Hall–Kier alpha value is -3.83. The lowest BCUT2D eigenvalue weighted by Crippen LogP contribution is -2.68. The summed E-state index contributed by atoms with van der Waals surface area (Å²) >= 11 is 0. The summed E-state index contributed by atoms with van der Waals surface area (Å²) in [7, 11) is 5.78. The van der Waals surface area contributed by atoms with Crippen molar-refractivity contribution in [3.8, 4) is 17.6 Å². The lowest BCUT2D eigenvalue weighted by Gasteiger charge is -2.57. The number of rotatable bonds is 6. The monoisotopic (exact) mass is 552 g/mol. The molecule has 0 spiro atoms. The average Bonchev–Trinajstić information content (AvgIpc) is 2.97. The van der Waals surface area contributed by atoms with E-state index in [2.05, 4.69) is 65.3 Å². The zero-order valence-corrected chi connectivity index (χ0v) is 24.2. The van der Waals surface area contributed by atoms with E-state index in [1.54, 1.807) is 7.11 Å². The van der Waals surface area contributed by atoms with E-state index < -0.39 is 0 Å². The van der Waals surface area contributed by atoms with E-state index in [-0.39, 0.29) is 30.6 Å². The Morgan fingerprint density at radius 1 is 0.976 bits per heavy atom. The fourth-order valence-corrected chi connectivity index (χ4v) is 6.22. The van der Waals surface area contributed by atoms with Gasteiger partial charge in [0.2, 0.25) is 0 Å². The third-order valence-corrected chi connectivity index (χ3v) is 8.22. The second-order valence-electron chi connectivity index (χ2n) is 11.3. The molecule has 0 saturated carbocycles. The first kappa shape index (κ1) is 28.7. The van der Waals surface area contributed by atoms with Crippen LogP contribution in [0.25, 0.3) is 0 Å². The Balaban J connectivity index is 1.35. The molecule has 2 aliphatic rings. The van der Waals surface area contributed by atoms with Crippen molar-refractivity contribution in [2.24, 2.45) is 5.92 Å². The first-order valence-corrected chi connectivity index (χ1v) is 14.3. The molecule has 2 amide bonds. The van der Waals surface area contributed by atoms with E-state index in [4.69, 9.17) is 4.74 Å². The molecule has 0 aliphatic carbocycles. The first-order chi connectivity index (χ1) is 19.9. The third-order valence-electron chi connectivity index (χ3n) is 8.22. The zero-order chi connectivity index (χ0) is 28.8. The summed E-state index contributed by atoms with van der Waals surface area (Å²) in [5, 5.41) is 13.5. The van der Waals surface area contributed by atoms with Crippen LogP contribution < -0.4 is 10.1 Å². The molecular weight excluding hydrogens is 512 g/mol. The summed E-state index contributed by atoms with van der Waals surface area (Å²) in [5.74, 6) is 7.70. The van der Waals surface area contributed by atoms with Crippen molar-refractivity contribution in [3.05, 3.63) is 95.6 Å². The summed E-state index contributed by atoms with van der Waals surface area (Å²) < 4.78 is 5.26. The molecule has 2 aliphatic heterocycles. The minimum absolute atomic E-state index is 0.0332. The minimum atomic E-state index is -0.0986. The van der Waals surface area contributed by atoms with Gasteiger partial charge in [0.05, 0.1) is 13.7 Å². The highest BCUT2D eigenvalue weighted by molar-refractivity contribution is 5.89. The number of amides is 2. The van der Waals surface area contributed by atoms with Gasteiger partial charge in [0.15, 0.2) is 0 Å². The fraction of sp³-hybridized carbons (Fsp3) is 0.382. The number of carbonyl (C=O) groups excluding carboxylic acids is 1. The maximum absolute atomic E-state index is 13.6. The van der Waals surface area contributed by atoms with Gasteiger partial charge in [-0.3, -0.25) is 4.90 Å². The summed E-state index contributed by atoms with van der Waals surface area (Å²) in [4.78, 5) is 20.2. The number of nitrogens with zero attached hydrogens (tertiary/aromatic N) is 3. The number of ether oxygens (including phenoxy) is 1. The van der Waals surface area contributed by atoms with Gasteiger partial charge in [-0.2, -0.15) is 0 Å². The Morgan fingerprint density at radius 3 is 2.29 bits per heavy atom. The van der Waals surface area contributed by atoms with Crippen molar-refractivity contribution in [1.82, 2.24) is 14.7 Å². The minimum Gasteiger partial charge on any atom is -0.497 e. The number of anilines is 1. The molecule has 7 heteroatoms. The molecule has 3 aromatic rings. The Kier molecular flexibility index (Phi) is 9.25. The quantitative estimate of drug-likeness (QED) is 0.446. The lowest BCUT2D eigenvalue weighted by molar-refractivity contribution is -0.0649. The van der Waals surface area contributed by atoms with Crippen LogP contribution in [0, 0.1) is 17.8 Å². The molecule has 7 nitrogen and oxygen atoms in total. The van der Waals surface area contributed by atoms with Gasteiger partial charge in [0.25, 0.3) is 0 Å². The molecule has 4 atom stereocenters. The van der Waals surface area contributed by atoms with E-state index in [1.165, 1.54) is 5.56 Å². The lowest BCUT2D eigenvalue weighted by atomic mass is 9.74. The Morgan fingerprint density at radius 2 is 1.66 bits per heavy atom. The van der Waals surface area contributed by atoms with Gasteiger partial charge in [-0.1, -0.05) is 42.2 Å². The van der Waals surface area contributed by atoms with Crippen molar-refractivity contribution >= 4 is 11.7 Å². The predicted octanol–water partition coefficient (Wildman–Crippen LogP) is 4.34. The number of hydrogen-bond donors (Lipinski definition) is 2. The van der Waals surface area contributed by atoms with Crippen molar-refractivity contribution < 1.29 is 14.6 Å². The summed E-state index contributed by atoms with van der Waals surface area (Å²) in [6.07, 6.45) is 0.970. The van der Waals surface area contributed by atoms with E-state index in [9.17, 15) is 9.90 Å². The summed E-state index contributed by atoms with van der Waals surface area (Å²) in [6, 6.07) is 25.9. The second-order valence-corrected chi connectivity index (χ2v) is 11.3. The van der Waals surface area contributed by atoms with Gasteiger partial charge in [-0.05, 0) is 87.1 Å². The molecule has 2 heterocycles. The van der Waals surface area contributed by atoms with Gasteiger partial charge < -0.3 is 25.0 Å². The first-order valence-electron chi connectivity index (χ1n) is 14.3. The van der Waals surface area contributed by atoms with Crippen LogP contribution in [0.1, 0.15) is 29.0 Å². The normalized spacial score (nSPS) is 22.4. The molecular formula is C34H40N4O3. The number of urea groups is 1. The van der Waals surface area contributed by atoms with E-state index >= 15 is 0 Å². The third kappa shape index (κ3) is 6.91. The highest BCUT2D eigenvalue weighted by Gasteiger charge is 2.50. The molecule has 2 N–H and O–H groups in total. The van der Waals surface area contributed by atoms with Crippen molar-refractivity contribution in [3.63, 3.8) is 0 Å². The van der Waals surface area contributed by atoms with Crippen LogP contribution in [0.4, 0.5) is 10.5 Å². The molecule has 2 saturated heterocycles.